The minimum atomic E-state index is -0.232. The van der Waals surface area contributed by atoms with Crippen LogP contribution in [0.3, 0.4) is 0 Å². The maximum atomic E-state index is 3.94. The van der Waals surface area contributed by atoms with E-state index in [-0.39, 0.29) is 5.41 Å². The summed E-state index contributed by atoms with van der Waals surface area (Å²) in [5.41, 5.74) is 8.84. The smallest absolute Gasteiger partial charge is 0.0559 e. The Labute approximate surface area is 194 Å². The van der Waals surface area contributed by atoms with E-state index in [1.165, 1.54) is 60.4 Å². The molecule has 0 spiro atoms. The Kier molecular flexibility index (Phi) is 3.61. The third kappa shape index (κ3) is 2.23. The van der Waals surface area contributed by atoms with Crippen LogP contribution in [0.5, 0.6) is 0 Å². The molecule has 1 aliphatic carbocycles. The molecule has 0 fully saturated rings. The van der Waals surface area contributed by atoms with Gasteiger partial charge in [0, 0.05) is 31.7 Å². The van der Waals surface area contributed by atoms with Crippen LogP contribution in [0.25, 0.3) is 43.7 Å². The largest absolute Gasteiger partial charge is 0.354 e. The Balaban J connectivity index is 1.63. The van der Waals surface area contributed by atoms with Gasteiger partial charge in [-0.15, -0.1) is 0 Å². The van der Waals surface area contributed by atoms with Crippen LogP contribution in [0.4, 0.5) is 0 Å². The maximum Gasteiger partial charge on any atom is 0.0559 e. The summed E-state index contributed by atoms with van der Waals surface area (Å²) in [6.45, 7) is 2.38. The molecule has 2 heteroatoms. The molecule has 0 saturated carbocycles. The van der Waals surface area contributed by atoms with E-state index in [0.717, 1.165) is 4.47 Å². The van der Waals surface area contributed by atoms with Gasteiger partial charge in [-0.2, -0.15) is 0 Å². The minimum Gasteiger partial charge on any atom is -0.354 e. The maximum absolute atomic E-state index is 3.94. The summed E-state index contributed by atoms with van der Waals surface area (Å²) >= 11 is 3.94. The first kappa shape index (κ1) is 18.2. The van der Waals surface area contributed by atoms with Crippen molar-refractivity contribution >= 4 is 48.5 Å². The average molecular weight is 474 g/mol. The number of para-hydroxylation sites is 1. The molecular weight excluding hydrogens is 454 g/mol. The van der Waals surface area contributed by atoms with Gasteiger partial charge >= 0.3 is 0 Å². The number of fused-ring (bicyclic) bond motifs is 8. The highest BCUT2D eigenvalue weighted by molar-refractivity contribution is 9.10. The molecule has 0 amide bonds. The fourth-order valence-corrected chi connectivity index (χ4v) is 6.39. The highest BCUT2D eigenvalue weighted by Gasteiger charge is 2.42. The van der Waals surface area contributed by atoms with Crippen LogP contribution in [0.1, 0.15) is 23.6 Å². The summed E-state index contributed by atoms with van der Waals surface area (Å²) in [6, 6.07) is 35.4. The lowest BCUT2D eigenvalue weighted by molar-refractivity contribution is 0.715. The molecule has 0 aliphatic heterocycles. The van der Waals surface area contributed by atoms with Crippen molar-refractivity contribution in [2.24, 2.45) is 0 Å². The molecule has 0 bridgehead atoms. The second-order valence-electron chi connectivity index (χ2n) is 8.93. The first-order chi connectivity index (χ1) is 15.7. The number of H-pyrrole nitrogens is 1. The quantitative estimate of drug-likeness (QED) is 0.246. The van der Waals surface area contributed by atoms with Gasteiger partial charge in [-0.25, -0.2) is 0 Å². The van der Waals surface area contributed by atoms with Crippen molar-refractivity contribution in [3.63, 3.8) is 0 Å². The van der Waals surface area contributed by atoms with Gasteiger partial charge in [-0.05, 0) is 58.1 Å². The van der Waals surface area contributed by atoms with Gasteiger partial charge in [-0.1, -0.05) is 94.8 Å². The summed E-state index contributed by atoms with van der Waals surface area (Å²) in [4.78, 5) is 3.75. The molecule has 1 atom stereocenters. The molecule has 6 aromatic rings. The van der Waals surface area contributed by atoms with Crippen molar-refractivity contribution < 1.29 is 0 Å². The Morgan fingerprint density at radius 1 is 0.719 bits per heavy atom. The van der Waals surface area contributed by atoms with Crippen molar-refractivity contribution in [1.82, 2.24) is 4.98 Å². The predicted molar refractivity (Wildman–Crippen MR) is 138 cm³/mol. The molecule has 1 aromatic heterocycles. The lowest BCUT2D eigenvalue weighted by Crippen LogP contribution is -2.22. The Morgan fingerprint density at radius 3 is 2.38 bits per heavy atom. The number of halogens is 1. The highest BCUT2D eigenvalue weighted by atomic mass is 79.9. The van der Waals surface area contributed by atoms with Gasteiger partial charge in [0.1, 0.15) is 0 Å². The number of benzene rings is 5. The lowest BCUT2D eigenvalue weighted by Gasteiger charge is -2.29. The van der Waals surface area contributed by atoms with Gasteiger partial charge < -0.3 is 4.98 Å². The fourth-order valence-electron chi connectivity index (χ4n) is 5.75. The number of nitrogens with one attached hydrogen (secondary N) is 1. The molecule has 0 saturated heterocycles. The lowest BCUT2D eigenvalue weighted by atomic mass is 9.74. The zero-order valence-electron chi connectivity index (χ0n) is 17.6. The standard InChI is InChI=1S/C30H20BrN/c1-30(20-15-14-18-8-2-3-9-19(18)16-20)23-12-6-4-10-21(23)27-24(30)17-25(31)28-22-11-5-7-13-26(22)32-29(27)28/h2-17,32H,1H3. The van der Waals surface area contributed by atoms with E-state index in [0.29, 0.717) is 0 Å². The summed E-state index contributed by atoms with van der Waals surface area (Å²) in [5.74, 6) is 0. The van der Waals surface area contributed by atoms with Crippen LogP contribution >= 0.6 is 15.9 Å². The minimum absolute atomic E-state index is 0.232. The number of aromatic nitrogens is 1. The third-order valence-electron chi connectivity index (χ3n) is 7.34. The van der Waals surface area contributed by atoms with Crippen molar-refractivity contribution in [3.8, 4) is 11.1 Å². The molecule has 32 heavy (non-hydrogen) atoms. The molecule has 7 rings (SSSR count). The molecule has 0 radical (unpaired) electrons. The Hall–Kier alpha value is -3.36. The fraction of sp³-hybridized carbons (Fsp3) is 0.0667. The molecule has 1 N–H and O–H groups in total. The second-order valence-corrected chi connectivity index (χ2v) is 9.79. The predicted octanol–water partition coefficient (Wildman–Crippen LogP) is 8.57. The van der Waals surface area contributed by atoms with Crippen LogP contribution < -0.4 is 0 Å². The molecular formula is C30H20BrN. The molecule has 1 unspecified atom stereocenters. The van der Waals surface area contributed by atoms with Gasteiger partial charge in [0.05, 0.1) is 5.52 Å². The van der Waals surface area contributed by atoms with Crippen molar-refractivity contribution in [3.05, 3.63) is 118 Å². The van der Waals surface area contributed by atoms with Crippen LogP contribution in [-0.2, 0) is 5.41 Å². The number of aromatic amines is 1. The third-order valence-corrected chi connectivity index (χ3v) is 7.96. The van der Waals surface area contributed by atoms with E-state index >= 15 is 0 Å². The van der Waals surface area contributed by atoms with Crippen molar-refractivity contribution in [2.45, 2.75) is 12.3 Å². The van der Waals surface area contributed by atoms with Gasteiger partial charge in [-0.3, -0.25) is 0 Å². The van der Waals surface area contributed by atoms with E-state index in [2.05, 4.69) is 125 Å². The molecule has 152 valence electrons. The summed E-state index contributed by atoms with van der Waals surface area (Å²) in [5, 5.41) is 5.08. The van der Waals surface area contributed by atoms with Crippen LogP contribution in [0.2, 0.25) is 0 Å². The van der Waals surface area contributed by atoms with Crippen LogP contribution in [0.15, 0.2) is 102 Å². The molecule has 1 nitrogen and oxygen atoms in total. The summed E-state index contributed by atoms with van der Waals surface area (Å²) in [6.07, 6.45) is 0. The summed E-state index contributed by atoms with van der Waals surface area (Å²) in [7, 11) is 0. The molecule has 1 aliphatic rings. The summed E-state index contributed by atoms with van der Waals surface area (Å²) < 4.78 is 1.14. The second kappa shape index (κ2) is 6.34. The van der Waals surface area contributed by atoms with E-state index in [9.17, 15) is 0 Å². The van der Waals surface area contributed by atoms with Crippen molar-refractivity contribution in [2.75, 3.05) is 0 Å². The highest BCUT2D eigenvalue weighted by Crippen LogP contribution is 2.56. The van der Waals surface area contributed by atoms with Gasteiger partial charge in [0.25, 0.3) is 0 Å². The molecule has 1 heterocycles. The molecule has 5 aromatic carbocycles. The number of hydrogen-bond donors (Lipinski definition) is 1. The zero-order valence-corrected chi connectivity index (χ0v) is 19.2. The van der Waals surface area contributed by atoms with E-state index in [1.54, 1.807) is 0 Å². The van der Waals surface area contributed by atoms with Gasteiger partial charge in [0.2, 0.25) is 0 Å². The monoisotopic (exact) mass is 473 g/mol. The van der Waals surface area contributed by atoms with Gasteiger partial charge in [0.15, 0.2) is 0 Å². The van der Waals surface area contributed by atoms with E-state index in [4.69, 9.17) is 0 Å². The Bertz CT molecular complexity index is 1710. The number of hydrogen-bond acceptors (Lipinski definition) is 0. The SMILES string of the molecule is CC1(c2ccc3ccccc3c2)c2ccccc2-c2c1cc(Br)c1c2[nH]c2ccccc21. The number of rotatable bonds is 1. The van der Waals surface area contributed by atoms with E-state index in [1.807, 2.05) is 0 Å². The van der Waals surface area contributed by atoms with E-state index < -0.39 is 0 Å². The normalized spacial score (nSPS) is 17.2. The first-order valence-corrected chi connectivity index (χ1v) is 11.8. The first-order valence-electron chi connectivity index (χ1n) is 11.0. The topological polar surface area (TPSA) is 15.8 Å². The van der Waals surface area contributed by atoms with Crippen LogP contribution in [0, 0.1) is 0 Å². The average Bonchev–Trinajstić information content (AvgIpc) is 3.34. The van der Waals surface area contributed by atoms with Crippen LogP contribution in [-0.4, -0.2) is 4.98 Å². The Morgan fingerprint density at radius 2 is 1.47 bits per heavy atom. The zero-order chi connectivity index (χ0) is 21.4. The van der Waals surface area contributed by atoms with Crippen molar-refractivity contribution in [1.29, 1.82) is 0 Å².